The summed E-state index contributed by atoms with van der Waals surface area (Å²) in [5.41, 5.74) is 0. The van der Waals surface area contributed by atoms with Gasteiger partial charge in [0.1, 0.15) is 4.21 Å². The number of rotatable bonds is 10. The summed E-state index contributed by atoms with van der Waals surface area (Å²) in [4.78, 5) is 0. The molecule has 1 heterocycles. The van der Waals surface area contributed by atoms with Crippen molar-refractivity contribution < 1.29 is 13.5 Å². The van der Waals surface area contributed by atoms with Gasteiger partial charge in [0.15, 0.2) is 0 Å². The Morgan fingerprint density at radius 2 is 2.05 bits per heavy atom. The SMILES string of the molecule is CCCCCC(CC)C(CO)NS(=O)(=O)c1ccc(Cl)s1. The Morgan fingerprint density at radius 1 is 1.33 bits per heavy atom. The second-order valence-corrected chi connectivity index (χ2v) is 8.79. The number of hydrogen-bond acceptors (Lipinski definition) is 4. The van der Waals surface area contributed by atoms with E-state index in [9.17, 15) is 13.5 Å². The van der Waals surface area contributed by atoms with Crippen molar-refractivity contribution in [1.29, 1.82) is 0 Å². The van der Waals surface area contributed by atoms with Crippen LogP contribution in [0.1, 0.15) is 46.0 Å². The Hall–Kier alpha value is -0.140. The minimum Gasteiger partial charge on any atom is -0.395 e. The predicted molar refractivity (Wildman–Crippen MR) is 88.4 cm³/mol. The molecule has 0 aliphatic rings. The number of aliphatic hydroxyl groups is 1. The number of aliphatic hydroxyl groups excluding tert-OH is 1. The second kappa shape index (κ2) is 9.10. The molecule has 1 aromatic heterocycles. The molecule has 0 fully saturated rings. The molecule has 0 aliphatic heterocycles. The van der Waals surface area contributed by atoms with E-state index in [4.69, 9.17) is 11.6 Å². The minimum atomic E-state index is -3.61. The van der Waals surface area contributed by atoms with E-state index in [-0.39, 0.29) is 16.7 Å². The largest absolute Gasteiger partial charge is 0.395 e. The fraction of sp³-hybridized carbons (Fsp3) is 0.714. The molecular formula is C14H24ClNO3S2. The molecule has 4 nitrogen and oxygen atoms in total. The molecule has 0 spiro atoms. The van der Waals surface area contributed by atoms with Crippen molar-refractivity contribution in [1.82, 2.24) is 4.72 Å². The lowest BCUT2D eigenvalue weighted by atomic mass is 9.92. The van der Waals surface area contributed by atoms with Gasteiger partial charge in [-0.25, -0.2) is 13.1 Å². The zero-order chi connectivity index (χ0) is 15.9. The molecule has 1 aromatic rings. The summed E-state index contributed by atoms with van der Waals surface area (Å²) in [7, 11) is -3.61. The van der Waals surface area contributed by atoms with Gasteiger partial charge >= 0.3 is 0 Å². The maximum absolute atomic E-state index is 12.3. The summed E-state index contributed by atoms with van der Waals surface area (Å²) in [5.74, 6) is 0.145. The molecule has 7 heteroatoms. The monoisotopic (exact) mass is 353 g/mol. The normalized spacial score (nSPS) is 15.0. The number of sulfonamides is 1. The van der Waals surface area contributed by atoms with Crippen molar-refractivity contribution in [2.75, 3.05) is 6.61 Å². The van der Waals surface area contributed by atoms with E-state index in [0.29, 0.717) is 4.34 Å². The number of thiophene rings is 1. The Kier molecular flexibility index (Phi) is 8.19. The van der Waals surface area contributed by atoms with Crippen molar-refractivity contribution >= 4 is 33.0 Å². The summed E-state index contributed by atoms with van der Waals surface area (Å²) in [6.07, 6.45) is 5.06. The highest BCUT2D eigenvalue weighted by molar-refractivity contribution is 7.91. The first-order valence-electron chi connectivity index (χ1n) is 7.33. The molecular weight excluding hydrogens is 330 g/mol. The van der Waals surface area contributed by atoms with Gasteiger partial charge in [-0.2, -0.15) is 0 Å². The van der Waals surface area contributed by atoms with Crippen LogP contribution in [0, 0.1) is 5.92 Å². The van der Waals surface area contributed by atoms with Gasteiger partial charge in [-0.05, 0) is 24.5 Å². The summed E-state index contributed by atoms with van der Waals surface area (Å²) >= 11 is 6.81. The summed E-state index contributed by atoms with van der Waals surface area (Å²) in [6.45, 7) is 3.96. The van der Waals surface area contributed by atoms with Gasteiger partial charge in [0.2, 0.25) is 10.0 Å². The van der Waals surface area contributed by atoms with Crippen LogP contribution in [0.5, 0.6) is 0 Å². The quantitative estimate of drug-likeness (QED) is 0.631. The van der Waals surface area contributed by atoms with Crippen LogP contribution in [-0.4, -0.2) is 26.2 Å². The van der Waals surface area contributed by atoms with E-state index >= 15 is 0 Å². The topological polar surface area (TPSA) is 66.4 Å². The summed E-state index contributed by atoms with van der Waals surface area (Å²) in [6, 6.07) is 2.60. The lowest BCUT2D eigenvalue weighted by molar-refractivity contribution is 0.204. The fourth-order valence-corrected chi connectivity index (χ4v) is 5.12. The Morgan fingerprint density at radius 3 is 2.52 bits per heavy atom. The molecule has 0 aliphatic carbocycles. The van der Waals surface area contributed by atoms with Crippen molar-refractivity contribution in [3.05, 3.63) is 16.5 Å². The summed E-state index contributed by atoms with van der Waals surface area (Å²) in [5, 5.41) is 9.55. The Bertz CT molecular complexity index is 516. The third-order valence-electron chi connectivity index (χ3n) is 3.59. The van der Waals surface area contributed by atoms with Gasteiger partial charge < -0.3 is 5.11 Å². The van der Waals surface area contributed by atoms with Crippen LogP contribution < -0.4 is 4.72 Å². The molecule has 0 saturated carbocycles. The fourth-order valence-electron chi connectivity index (χ4n) is 2.33. The van der Waals surface area contributed by atoms with E-state index in [1.54, 1.807) is 6.07 Å². The van der Waals surface area contributed by atoms with Crippen molar-refractivity contribution in [3.63, 3.8) is 0 Å². The van der Waals surface area contributed by atoms with Crippen LogP contribution in [0.15, 0.2) is 16.3 Å². The first kappa shape index (κ1) is 18.9. The minimum absolute atomic E-state index is 0.145. The Labute approximate surface area is 136 Å². The third-order valence-corrected chi connectivity index (χ3v) is 6.80. The van der Waals surface area contributed by atoms with Gasteiger partial charge in [0, 0.05) is 6.04 Å². The summed E-state index contributed by atoms with van der Waals surface area (Å²) < 4.78 is 27.8. The van der Waals surface area contributed by atoms with Crippen LogP contribution in [0.4, 0.5) is 0 Å². The van der Waals surface area contributed by atoms with E-state index in [1.165, 1.54) is 6.07 Å². The smallest absolute Gasteiger partial charge is 0.250 e. The van der Waals surface area contributed by atoms with Crippen LogP contribution in [0.2, 0.25) is 4.34 Å². The van der Waals surface area contributed by atoms with Gasteiger partial charge in [0.05, 0.1) is 10.9 Å². The first-order chi connectivity index (χ1) is 9.94. The lowest BCUT2D eigenvalue weighted by Crippen LogP contribution is -2.42. The van der Waals surface area contributed by atoms with Gasteiger partial charge in [0.25, 0.3) is 0 Å². The van der Waals surface area contributed by atoms with Crippen LogP contribution in [0.25, 0.3) is 0 Å². The van der Waals surface area contributed by atoms with E-state index in [2.05, 4.69) is 11.6 Å². The second-order valence-electron chi connectivity index (χ2n) is 5.13. The predicted octanol–water partition coefficient (Wildman–Crippen LogP) is 3.65. The highest BCUT2D eigenvalue weighted by Crippen LogP contribution is 2.26. The van der Waals surface area contributed by atoms with Crippen molar-refractivity contribution in [2.45, 2.75) is 56.2 Å². The maximum atomic E-state index is 12.3. The highest BCUT2D eigenvalue weighted by Gasteiger charge is 2.26. The third kappa shape index (κ3) is 5.87. The van der Waals surface area contributed by atoms with E-state index < -0.39 is 16.1 Å². The van der Waals surface area contributed by atoms with Gasteiger partial charge in [-0.15, -0.1) is 11.3 Å². The number of nitrogens with one attached hydrogen (secondary N) is 1. The molecule has 1 rings (SSSR count). The molecule has 21 heavy (non-hydrogen) atoms. The standard InChI is InChI=1S/C14H24ClNO3S2/c1-3-5-6-7-11(4-2)12(10-17)16-21(18,19)14-9-8-13(15)20-14/h8-9,11-12,16-17H,3-7,10H2,1-2H3. The average molecular weight is 354 g/mol. The molecule has 2 N–H and O–H groups in total. The number of hydrogen-bond donors (Lipinski definition) is 2. The Balaban J connectivity index is 2.75. The molecule has 0 radical (unpaired) electrons. The van der Waals surface area contributed by atoms with Crippen molar-refractivity contribution in [2.24, 2.45) is 5.92 Å². The zero-order valence-electron chi connectivity index (χ0n) is 12.5. The molecule has 0 saturated heterocycles. The number of halogens is 1. The lowest BCUT2D eigenvalue weighted by Gasteiger charge is -2.25. The van der Waals surface area contributed by atoms with Crippen LogP contribution in [-0.2, 0) is 10.0 Å². The zero-order valence-corrected chi connectivity index (χ0v) is 14.9. The number of unbranched alkanes of at least 4 members (excludes halogenated alkanes) is 2. The van der Waals surface area contributed by atoms with E-state index in [0.717, 1.165) is 43.4 Å². The maximum Gasteiger partial charge on any atom is 0.250 e. The molecule has 0 bridgehead atoms. The molecule has 2 unspecified atom stereocenters. The van der Waals surface area contributed by atoms with Crippen molar-refractivity contribution in [3.8, 4) is 0 Å². The molecule has 2 atom stereocenters. The molecule has 0 amide bonds. The average Bonchev–Trinajstić information content (AvgIpc) is 2.89. The highest BCUT2D eigenvalue weighted by atomic mass is 35.5. The van der Waals surface area contributed by atoms with Gasteiger partial charge in [-0.1, -0.05) is 51.1 Å². The molecule has 122 valence electrons. The van der Waals surface area contributed by atoms with Crippen LogP contribution >= 0.6 is 22.9 Å². The van der Waals surface area contributed by atoms with Crippen LogP contribution in [0.3, 0.4) is 0 Å². The van der Waals surface area contributed by atoms with E-state index in [1.807, 2.05) is 6.92 Å². The molecule has 0 aromatic carbocycles. The first-order valence-corrected chi connectivity index (χ1v) is 10.0. The van der Waals surface area contributed by atoms with Gasteiger partial charge in [-0.3, -0.25) is 0 Å².